The summed E-state index contributed by atoms with van der Waals surface area (Å²) < 4.78 is 27.0. The summed E-state index contributed by atoms with van der Waals surface area (Å²) in [6, 6.07) is 5.01. The average Bonchev–Trinajstić information content (AvgIpc) is 2.48. The second-order valence-electron chi connectivity index (χ2n) is 5.99. The molecule has 1 aromatic carbocycles. The van der Waals surface area contributed by atoms with Crippen molar-refractivity contribution in [3.05, 3.63) is 18.2 Å². The standard InChI is InChI=1S/C15H20N2O3S2/c1-10-5-7-17(8-6-10)22(19,20)12-3-4-14-13(9-12)16-15(18)11(2)21-14/h3-4,9-11H,5-8H2,1-2H3,(H,16,18)/t11-/m0/s1. The molecule has 22 heavy (non-hydrogen) atoms. The Morgan fingerprint density at radius 3 is 2.59 bits per heavy atom. The second-order valence-corrected chi connectivity index (χ2v) is 9.31. The van der Waals surface area contributed by atoms with Gasteiger partial charge >= 0.3 is 0 Å². The number of hydrogen-bond acceptors (Lipinski definition) is 4. The van der Waals surface area contributed by atoms with Crippen LogP contribution in [0.5, 0.6) is 0 Å². The number of anilines is 1. The van der Waals surface area contributed by atoms with Crippen LogP contribution in [0.3, 0.4) is 0 Å². The van der Waals surface area contributed by atoms with Gasteiger partial charge in [0, 0.05) is 18.0 Å². The van der Waals surface area contributed by atoms with Gasteiger partial charge < -0.3 is 5.32 Å². The predicted octanol–water partition coefficient (Wildman–Crippen LogP) is 2.54. The lowest BCUT2D eigenvalue weighted by Gasteiger charge is -2.30. The minimum Gasteiger partial charge on any atom is -0.324 e. The van der Waals surface area contributed by atoms with Gasteiger partial charge in [-0.25, -0.2) is 8.42 Å². The summed E-state index contributed by atoms with van der Waals surface area (Å²) in [6.07, 6.45) is 1.79. The molecule has 1 saturated heterocycles. The number of nitrogens with one attached hydrogen (secondary N) is 1. The summed E-state index contributed by atoms with van der Waals surface area (Å²) in [5.74, 6) is 0.492. The zero-order valence-corrected chi connectivity index (χ0v) is 14.3. The van der Waals surface area contributed by atoms with Gasteiger partial charge in [0.15, 0.2) is 0 Å². The van der Waals surface area contributed by atoms with Gasteiger partial charge in [0.25, 0.3) is 0 Å². The molecule has 0 aliphatic carbocycles. The maximum atomic E-state index is 12.7. The number of amides is 1. The molecule has 1 amide bonds. The topological polar surface area (TPSA) is 66.5 Å². The molecule has 0 spiro atoms. The van der Waals surface area contributed by atoms with Crippen molar-refractivity contribution >= 4 is 33.4 Å². The largest absolute Gasteiger partial charge is 0.324 e. The number of nitrogens with zero attached hydrogens (tertiary/aromatic N) is 1. The molecule has 2 heterocycles. The molecule has 3 rings (SSSR count). The number of carbonyl (C=O) groups excluding carboxylic acids is 1. The molecule has 0 unspecified atom stereocenters. The quantitative estimate of drug-likeness (QED) is 0.898. The van der Waals surface area contributed by atoms with Crippen LogP contribution in [-0.4, -0.2) is 37.0 Å². The van der Waals surface area contributed by atoms with Crippen LogP contribution in [0.25, 0.3) is 0 Å². The van der Waals surface area contributed by atoms with Gasteiger partial charge in [0.05, 0.1) is 15.8 Å². The molecule has 0 bridgehead atoms. The molecule has 1 N–H and O–H groups in total. The lowest BCUT2D eigenvalue weighted by molar-refractivity contribution is -0.115. The number of thioether (sulfide) groups is 1. The Hall–Kier alpha value is -1.05. The summed E-state index contributed by atoms with van der Waals surface area (Å²) in [4.78, 5) is 12.9. The molecule has 0 aromatic heterocycles. The third-order valence-electron chi connectivity index (χ3n) is 4.26. The third kappa shape index (κ3) is 2.89. The van der Waals surface area contributed by atoms with Crippen molar-refractivity contribution in [1.82, 2.24) is 4.31 Å². The van der Waals surface area contributed by atoms with E-state index in [1.807, 2.05) is 6.92 Å². The van der Waals surface area contributed by atoms with Gasteiger partial charge in [-0.1, -0.05) is 6.92 Å². The van der Waals surface area contributed by atoms with Crippen molar-refractivity contribution in [2.75, 3.05) is 18.4 Å². The SMILES string of the molecule is CC1CCN(S(=O)(=O)c2ccc3c(c2)NC(=O)[C@H](C)S3)CC1. The molecule has 120 valence electrons. The fourth-order valence-electron chi connectivity index (χ4n) is 2.72. The van der Waals surface area contributed by atoms with Crippen molar-refractivity contribution in [1.29, 1.82) is 0 Å². The first-order valence-corrected chi connectivity index (χ1v) is 9.81. The zero-order chi connectivity index (χ0) is 15.9. The highest BCUT2D eigenvalue weighted by atomic mass is 32.2. The third-order valence-corrected chi connectivity index (χ3v) is 7.33. The molecule has 0 saturated carbocycles. The van der Waals surface area contributed by atoms with Gasteiger partial charge in [-0.15, -0.1) is 11.8 Å². The summed E-state index contributed by atoms with van der Waals surface area (Å²) in [5, 5.41) is 2.64. The Morgan fingerprint density at radius 1 is 1.23 bits per heavy atom. The van der Waals surface area contributed by atoms with Crippen LogP contribution in [0.4, 0.5) is 5.69 Å². The van der Waals surface area contributed by atoms with Crippen LogP contribution in [0.1, 0.15) is 26.7 Å². The number of carbonyl (C=O) groups is 1. The maximum Gasteiger partial charge on any atom is 0.243 e. The van der Waals surface area contributed by atoms with E-state index in [2.05, 4.69) is 12.2 Å². The normalized spacial score (nSPS) is 23.9. The van der Waals surface area contributed by atoms with Crippen molar-refractivity contribution in [3.63, 3.8) is 0 Å². The predicted molar refractivity (Wildman–Crippen MR) is 87.5 cm³/mol. The highest BCUT2D eigenvalue weighted by molar-refractivity contribution is 8.01. The van der Waals surface area contributed by atoms with E-state index in [-0.39, 0.29) is 16.1 Å². The number of fused-ring (bicyclic) bond motifs is 1. The van der Waals surface area contributed by atoms with E-state index < -0.39 is 10.0 Å². The van der Waals surface area contributed by atoms with Crippen LogP contribution in [0, 0.1) is 5.92 Å². The van der Waals surface area contributed by atoms with E-state index in [1.165, 1.54) is 11.8 Å². The Bertz CT molecular complexity index is 695. The lowest BCUT2D eigenvalue weighted by Crippen LogP contribution is -2.38. The highest BCUT2D eigenvalue weighted by Crippen LogP contribution is 2.37. The summed E-state index contributed by atoms with van der Waals surface area (Å²) in [7, 11) is -3.48. The number of piperidine rings is 1. The van der Waals surface area contributed by atoms with Crippen LogP contribution >= 0.6 is 11.8 Å². The monoisotopic (exact) mass is 340 g/mol. The van der Waals surface area contributed by atoms with Gasteiger partial charge in [-0.05, 0) is 43.9 Å². The van der Waals surface area contributed by atoms with E-state index in [9.17, 15) is 13.2 Å². The minimum absolute atomic E-state index is 0.0844. The van der Waals surface area contributed by atoms with E-state index >= 15 is 0 Å². The Balaban J connectivity index is 1.89. The first-order valence-electron chi connectivity index (χ1n) is 7.49. The molecule has 1 atom stereocenters. The van der Waals surface area contributed by atoms with Gasteiger partial charge in [0.1, 0.15) is 0 Å². The van der Waals surface area contributed by atoms with Crippen molar-refractivity contribution in [3.8, 4) is 0 Å². The fraction of sp³-hybridized carbons (Fsp3) is 0.533. The zero-order valence-electron chi connectivity index (χ0n) is 12.7. The lowest BCUT2D eigenvalue weighted by atomic mass is 10.0. The van der Waals surface area contributed by atoms with Crippen molar-refractivity contribution < 1.29 is 13.2 Å². The van der Waals surface area contributed by atoms with Crippen molar-refractivity contribution in [2.24, 2.45) is 5.92 Å². The van der Waals surface area contributed by atoms with E-state index in [4.69, 9.17) is 0 Å². The Labute approximate surface area is 135 Å². The number of benzene rings is 1. The molecule has 7 heteroatoms. The minimum atomic E-state index is -3.48. The van der Waals surface area contributed by atoms with Crippen LogP contribution < -0.4 is 5.32 Å². The molecule has 5 nitrogen and oxygen atoms in total. The Kier molecular flexibility index (Phi) is 4.22. The molecule has 0 radical (unpaired) electrons. The first-order chi connectivity index (χ1) is 10.4. The van der Waals surface area contributed by atoms with Gasteiger partial charge in [-0.3, -0.25) is 4.79 Å². The molecule has 2 aliphatic heterocycles. The number of rotatable bonds is 2. The highest BCUT2D eigenvalue weighted by Gasteiger charge is 2.30. The van der Waals surface area contributed by atoms with Crippen LogP contribution in [0.15, 0.2) is 28.0 Å². The van der Waals surface area contributed by atoms with Crippen LogP contribution in [0.2, 0.25) is 0 Å². The molecular formula is C15H20N2O3S2. The summed E-state index contributed by atoms with van der Waals surface area (Å²) in [5.41, 5.74) is 0.597. The van der Waals surface area contributed by atoms with E-state index in [1.54, 1.807) is 22.5 Å². The summed E-state index contributed by atoms with van der Waals surface area (Å²) in [6.45, 7) is 5.12. The first kappa shape index (κ1) is 15.8. The second kappa shape index (κ2) is 5.86. The van der Waals surface area contributed by atoms with Crippen LogP contribution in [-0.2, 0) is 14.8 Å². The average molecular weight is 340 g/mol. The number of hydrogen-bond donors (Lipinski definition) is 1. The maximum absolute atomic E-state index is 12.7. The molecule has 1 aromatic rings. The molecule has 2 aliphatic rings. The van der Waals surface area contributed by atoms with Crippen molar-refractivity contribution in [2.45, 2.75) is 41.7 Å². The van der Waals surface area contributed by atoms with Gasteiger partial charge in [-0.2, -0.15) is 4.31 Å². The fourth-order valence-corrected chi connectivity index (χ4v) is 5.15. The van der Waals surface area contributed by atoms with E-state index in [0.717, 1.165) is 17.7 Å². The molecular weight excluding hydrogens is 320 g/mol. The Morgan fingerprint density at radius 2 is 1.91 bits per heavy atom. The summed E-state index contributed by atoms with van der Waals surface area (Å²) >= 11 is 1.45. The smallest absolute Gasteiger partial charge is 0.243 e. The molecule has 1 fully saturated rings. The number of sulfonamides is 1. The van der Waals surface area contributed by atoms with Gasteiger partial charge in [0.2, 0.25) is 15.9 Å². The van der Waals surface area contributed by atoms with E-state index in [0.29, 0.717) is 24.7 Å².